The van der Waals surface area contributed by atoms with Gasteiger partial charge in [0.1, 0.15) is 5.82 Å². The van der Waals surface area contributed by atoms with Crippen molar-refractivity contribution in [2.45, 2.75) is 30.6 Å². The molecule has 2 N–H and O–H groups in total. The Morgan fingerprint density at radius 2 is 1.54 bits per heavy atom. The van der Waals surface area contributed by atoms with Gasteiger partial charge in [-0.05, 0) is 43.1 Å². The van der Waals surface area contributed by atoms with E-state index in [0.29, 0.717) is 0 Å². The van der Waals surface area contributed by atoms with Gasteiger partial charge in [-0.15, -0.1) is 0 Å². The Morgan fingerprint density at radius 1 is 0.885 bits per heavy atom. The number of benzene rings is 2. The number of hydrogen-bond donors (Lipinski definition) is 2. The minimum absolute atomic E-state index is 0.270. The summed E-state index contributed by atoms with van der Waals surface area (Å²) in [5.41, 5.74) is 2.33. The maximum Gasteiger partial charge on any atom is 0.240 e. The van der Waals surface area contributed by atoms with Crippen molar-refractivity contribution < 1.29 is 8.42 Å². The van der Waals surface area contributed by atoms with Crippen molar-refractivity contribution in [3.8, 4) is 0 Å². The second-order valence-corrected chi connectivity index (χ2v) is 7.92. The van der Waals surface area contributed by atoms with E-state index in [4.69, 9.17) is 0 Å². The molecule has 0 atom stereocenters. The van der Waals surface area contributed by atoms with Crippen molar-refractivity contribution >= 4 is 10.0 Å². The third-order valence-corrected chi connectivity index (χ3v) is 5.64. The predicted molar refractivity (Wildman–Crippen MR) is 100 cm³/mol. The average Bonchev–Trinajstić information content (AvgIpc) is 3.14. The van der Waals surface area contributed by atoms with Crippen LogP contribution < -0.4 is 4.72 Å². The molecule has 3 aromatic rings. The van der Waals surface area contributed by atoms with E-state index in [2.05, 4.69) is 32.0 Å². The first-order chi connectivity index (χ1) is 12.6. The molecule has 0 aliphatic carbocycles. The van der Waals surface area contributed by atoms with Gasteiger partial charge in [0.05, 0.1) is 4.90 Å². The number of H-pyrrole nitrogens is 1. The smallest absolute Gasteiger partial charge is 0.240 e. The van der Waals surface area contributed by atoms with Crippen LogP contribution in [-0.4, -0.2) is 30.6 Å². The molecule has 26 heavy (non-hydrogen) atoms. The van der Waals surface area contributed by atoms with Gasteiger partial charge in [-0.25, -0.2) is 18.1 Å². The molecule has 0 radical (unpaired) electrons. The highest BCUT2D eigenvalue weighted by atomic mass is 32.2. The summed E-state index contributed by atoms with van der Waals surface area (Å²) in [5.74, 6) is 1.67. The topological polar surface area (TPSA) is 87.7 Å². The van der Waals surface area contributed by atoms with Crippen LogP contribution in [0.5, 0.6) is 0 Å². The fourth-order valence-corrected chi connectivity index (χ4v) is 3.41. The first-order valence-electron chi connectivity index (χ1n) is 8.53. The average molecular weight is 370 g/mol. The lowest BCUT2D eigenvalue weighted by molar-refractivity contribution is 0.588. The van der Waals surface area contributed by atoms with Gasteiger partial charge in [0.2, 0.25) is 10.0 Å². The van der Waals surface area contributed by atoms with E-state index in [1.54, 1.807) is 12.1 Å². The number of aromatic nitrogens is 3. The number of aromatic amines is 1. The largest absolute Gasteiger partial charge is 0.263 e. The molecule has 0 bridgehead atoms. The zero-order valence-electron chi connectivity index (χ0n) is 14.6. The Hall–Kier alpha value is -2.51. The van der Waals surface area contributed by atoms with Crippen LogP contribution in [-0.2, 0) is 35.7 Å². The predicted octanol–water partition coefficient (Wildman–Crippen LogP) is 2.28. The summed E-state index contributed by atoms with van der Waals surface area (Å²) in [6.07, 6.45) is 3.22. The number of sulfonamides is 1. The van der Waals surface area contributed by atoms with Crippen LogP contribution in [0.15, 0.2) is 59.5 Å². The molecule has 3 rings (SSSR count). The first-order valence-corrected chi connectivity index (χ1v) is 10.0. The summed E-state index contributed by atoms with van der Waals surface area (Å²) in [6.45, 7) is 0. The van der Waals surface area contributed by atoms with E-state index in [9.17, 15) is 8.42 Å². The summed E-state index contributed by atoms with van der Waals surface area (Å²) < 4.78 is 25.8. The fourth-order valence-electron chi connectivity index (χ4n) is 2.68. The highest BCUT2D eigenvalue weighted by Crippen LogP contribution is 2.12. The summed E-state index contributed by atoms with van der Waals surface area (Å²) in [4.78, 5) is 4.81. The van der Waals surface area contributed by atoms with Crippen LogP contribution in [0.1, 0.15) is 22.8 Å². The van der Waals surface area contributed by atoms with Crippen molar-refractivity contribution in [2.75, 3.05) is 7.05 Å². The van der Waals surface area contributed by atoms with Gasteiger partial charge in [0.25, 0.3) is 0 Å². The summed E-state index contributed by atoms with van der Waals surface area (Å²) in [5, 5.41) is 7.27. The molecule has 0 unspecified atom stereocenters. The molecule has 6 nitrogen and oxygen atoms in total. The molecule has 0 aliphatic heterocycles. The lowest BCUT2D eigenvalue weighted by Crippen LogP contribution is -2.18. The summed E-state index contributed by atoms with van der Waals surface area (Å²) in [7, 11) is -1.98. The Bertz CT molecular complexity index is 935. The zero-order valence-corrected chi connectivity index (χ0v) is 15.5. The van der Waals surface area contributed by atoms with Gasteiger partial charge in [0.15, 0.2) is 5.82 Å². The van der Waals surface area contributed by atoms with E-state index in [0.717, 1.165) is 42.9 Å². The number of aryl methyl sites for hydroxylation is 4. The SMILES string of the molecule is CNS(=O)(=O)c1ccc(CCc2nc(CCc3ccccc3)n[nH]2)cc1. The zero-order chi connectivity index (χ0) is 18.4. The van der Waals surface area contributed by atoms with E-state index in [-0.39, 0.29) is 4.90 Å². The highest BCUT2D eigenvalue weighted by molar-refractivity contribution is 7.89. The molecule has 0 saturated carbocycles. The van der Waals surface area contributed by atoms with E-state index >= 15 is 0 Å². The lowest BCUT2D eigenvalue weighted by Gasteiger charge is -2.04. The second-order valence-electron chi connectivity index (χ2n) is 6.04. The Morgan fingerprint density at radius 3 is 2.23 bits per heavy atom. The van der Waals surface area contributed by atoms with Gasteiger partial charge in [-0.3, -0.25) is 5.10 Å². The van der Waals surface area contributed by atoms with Gasteiger partial charge in [-0.2, -0.15) is 5.10 Å². The summed E-state index contributed by atoms with van der Waals surface area (Å²) in [6, 6.07) is 17.2. The fraction of sp³-hybridized carbons (Fsp3) is 0.263. The van der Waals surface area contributed by atoms with Gasteiger partial charge in [0, 0.05) is 12.8 Å². The molecule has 2 aromatic carbocycles. The maximum absolute atomic E-state index is 11.7. The molecule has 1 aromatic heterocycles. The molecular formula is C19H22N4O2S. The molecule has 1 heterocycles. The minimum Gasteiger partial charge on any atom is -0.263 e. The Kier molecular flexibility index (Phi) is 5.80. The van der Waals surface area contributed by atoms with Gasteiger partial charge < -0.3 is 0 Å². The van der Waals surface area contributed by atoms with E-state index in [1.807, 2.05) is 30.3 Å². The van der Waals surface area contributed by atoms with Gasteiger partial charge in [-0.1, -0.05) is 42.5 Å². The summed E-state index contributed by atoms with van der Waals surface area (Å²) >= 11 is 0. The second kappa shape index (κ2) is 8.25. The third-order valence-electron chi connectivity index (χ3n) is 4.21. The standard InChI is InChI=1S/C19H22N4O2S/c1-20-26(24,25)17-11-7-16(8-12-17)10-14-19-21-18(22-23-19)13-9-15-5-3-2-4-6-15/h2-8,11-12,20H,9-10,13-14H2,1H3,(H,21,22,23). The monoisotopic (exact) mass is 370 g/mol. The van der Waals surface area contributed by atoms with Crippen molar-refractivity contribution in [1.82, 2.24) is 19.9 Å². The van der Waals surface area contributed by atoms with Crippen LogP contribution in [0.25, 0.3) is 0 Å². The first kappa shape index (κ1) is 18.3. The third kappa shape index (κ3) is 4.77. The highest BCUT2D eigenvalue weighted by Gasteiger charge is 2.10. The number of nitrogens with one attached hydrogen (secondary N) is 2. The van der Waals surface area contributed by atoms with Crippen LogP contribution >= 0.6 is 0 Å². The molecule has 0 saturated heterocycles. The molecule has 0 aliphatic rings. The van der Waals surface area contributed by atoms with E-state index < -0.39 is 10.0 Å². The quantitative estimate of drug-likeness (QED) is 0.637. The number of nitrogens with zero attached hydrogens (tertiary/aromatic N) is 2. The molecule has 0 spiro atoms. The van der Waals surface area contributed by atoms with Crippen LogP contribution in [0.3, 0.4) is 0 Å². The van der Waals surface area contributed by atoms with Crippen LogP contribution in [0.2, 0.25) is 0 Å². The van der Waals surface area contributed by atoms with Gasteiger partial charge >= 0.3 is 0 Å². The molecular weight excluding hydrogens is 348 g/mol. The number of hydrogen-bond acceptors (Lipinski definition) is 4. The lowest BCUT2D eigenvalue weighted by atomic mass is 10.1. The van der Waals surface area contributed by atoms with Crippen LogP contribution in [0, 0.1) is 0 Å². The molecule has 0 fully saturated rings. The Labute approximate surface area is 153 Å². The molecule has 7 heteroatoms. The van der Waals surface area contributed by atoms with Crippen molar-refractivity contribution in [3.63, 3.8) is 0 Å². The Balaban J connectivity index is 1.53. The minimum atomic E-state index is -3.39. The van der Waals surface area contributed by atoms with Crippen molar-refractivity contribution in [3.05, 3.63) is 77.4 Å². The van der Waals surface area contributed by atoms with E-state index in [1.165, 1.54) is 12.6 Å². The number of rotatable bonds is 8. The normalized spacial score (nSPS) is 11.6. The maximum atomic E-state index is 11.7. The van der Waals surface area contributed by atoms with Crippen LogP contribution in [0.4, 0.5) is 0 Å². The molecule has 136 valence electrons. The van der Waals surface area contributed by atoms with Crippen molar-refractivity contribution in [2.24, 2.45) is 0 Å². The molecule has 0 amide bonds. The van der Waals surface area contributed by atoms with Crippen molar-refractivity contribution in [1.29, 1.82) is 0 Å².